The number of allylic oxidation sites excluding steroid dienone is 8. The van der Waals surface area contributed by atoms with Gasteiger partial charge in [0.2, 0.25) is 29.3 Å². The summed E-state index contributed by atoms with van der Waals surface area (Å²) < 4.78 is 91.1. The number of nitro benzene ring substituents is 1. The summed E-state index contributed by atoms with van der Waals surface area (Å²) in [5.41, 5.74) is 16.5. The molecule has 47 heteroatoms. The van der Waals surface area contributed by atoms with E-state index in [2.05, 4.69) is 85.5 Å². The van der Waals surface area contributed by atoms with Gasteiger partial charge < -0.3 is 146 Å². The molecule has 21 N–H and O–H groups in total. The lowest BCUT2D eigenvalue weighted by Gasteiger charge is -2.51. The average molecular weight is 1800 g/mol. The molecule has 0 saturated carbocycles. The molecule has 2 aromatic rings. The molecule has 1 aromatic heterocycles. The zero-order valence-electron chi connectivity index (χ0n) is 70.4. The number of carboxylic acids is 2. The minimum atomic E-state index is -5.89. The van der Waals surface area contributed by atoms with Crippen LogP contribution in [0.3, 0.4) is 0 Å². The third kappa shape index (κ3) is 28.8. The van der Waals surface area contributed by atoms with Gasteiger partial charge >= 0.3 is 25.9 Å². The van der Waals surface area contributed by atoms with Gasteiger partial charge in [-0.15, -0.1) is 5.10 Å². The molecule has 0 radical (unpaired) electrons. The molecule has 5 aliphatic rings. The lowest BCUT2D eigenvalue weighted by molar-refractivity contribution is -0.385. The Morgan fingerprint density at radius 2 is 1.41 bits per heavy atom. The number of aliphatic hydroxyl groups is 9. The number of aliphatic carboxylic acids is 2. The number of aromatic nitrogens is 3. The minimum absolute atomic E-state index is 0.0860. The molecule has 6 heterocycles. The van der Waals surface area contributed by atoms with Crippen LogP contribution in [-0.4, -0.2) is 308 Å². The first kappa shape index (κ1) is 103. The van der Waals surface area contributed by atoms with Crippen molar-refractivity contribution in [1.82, 2.24) is 30.7 Å². The second kappa shape index (κ2) is 46.2. The molecule has 5 aliphatic heterocycles. The van der Waals surface area contributed by atoms with Crippen molar-refractivity contribution in [2.75, 3.05) is 39.5 Å². The summed E-state index contributed by atoms with van der Waals surface area (Å²) in [6.07, 6.45) is -31.7. The lowest BCUT2D eigenvalue weighted by Crippen LogP contribution is -2.72. The highest BCUT2D eigenvalue weighted by Crippen LogP contribution is 2.49. The number of ketones is 1. The van der Waals surface area contributed by atoms with Crippen LogP contribution in [-0.2, 0) is 89.7 Å². The number of ether oxygens (including phenoxy) is 11. The molecule has 698 valence electrons. The van der Waals surface area contributed by atoms with Crippen molar-refractivity contribution in [3.63, 3.8) is 0 Å². The van der Waals surface area contributed by atoms with Gasteiger partial charge in [-0.3, -0.25) is 47.9 Å². The molecular weight excluding hydrogens is 1680 g/mol. The number of hydrogen-bond donors (Lipinski definition) is 18. The average Bonchev–Trinajstić information content (AvgIpc) is 1.08. The maximum Gasteiger partial charge on any atom is 0.474 e. The number of phosphoric ester groups is 1. The first-order valence-corrected chi connectivity index (χ1v) is 41.3. The Morgan fingerprint density at radius 1 is 0.784 bits per heavy atom. The molecule has 7 rings (SSSR count). The first-order chi connectivity index (χ1) is 58.6. The highest BCUT2D eigenvalue weighted by Gasteiger charge is 2.62. The fourth-order valence-corrected chi connectivity index (χ4v) is 14.6. The molecule has 24 unspecified atom stereocenters. The van der Waals surface area contributed by atoms with E-state index >= 15 is 0 Å². The number of amides is 5. The van der Waals surface area contributed by atoms with Crippen LogP contribution in [0.5, 0.6) is 0 Å². The number of Topliss-reactive ketones (excluding diaryl/α,β-unsaturated/α-hetero) is 1. The largest absolute Gasteiger partial charge is 0.509 e. The molecule has 4 saturated heterocycles. The van der Waals surface area contributed by atoms with Crippen molar-refractivity contribution < 1.29 is 170 Å². The van der Waals surface area contributed by atoms with E-state index in [1.165, 1.54) is 18.1 Å². The van der Waals surface area contributed by atoms with Crippen molar-refractivity contribution in [2.24, 2.45) is 22.6 Å². The van der Waals surface area contributed by atoms with Crippen LogP contribution in [0.2, 0.25) is 0 Å². The minimum Gasteiger partial charge on any atom is -0.509 e. The number of aliphatic hydroxyl groups excluding tert-OH is 8. The summed E-state index contributed by atoms with van der Waals surface area (Å²) in [5.74, 6) is -10.8. The maximum absolute atomic E-state index is 14.2. The predicted octanol–water partition coefficient (Wildman–Crippen LogP) is 0.0413. The highest BCUT2D eigenvalue weighted by molar-refractivity contribution is 7.47. The third-order valence-electron chi connectivity index (χ3n) is 20.6. The molecule has 5 amide bonds. The van der Waals surface area contributed by atoms with E-state index in [-0.39, 0.29) is 30.8 Å². The number of rotatable bonds is 45. The van der Waals surface area contributed by atoms with E-state index in [4.69, 9.17) is 78.4 Å². The van der Waals surface area contributed by atoms with Gasteiger partial charge in [-0.2, -0.15) is 0 Å². The number of nitrogens with zero attached hydrogens (tertiary/aromatic N) is 4. The van der Waals surface area contributed by atoms with Crippen molar-refractivity contribution in [1.29, 1.82) is 0 Å². The second-order valence-electron chi connectivity index (χ2n) is 31.7. The quantitative estimate of drug-likeness (QED) is 0.0137. The van der Waals surface area contributed by atoms with E-state index in [0.717, 1.165) is 93.0 Å². The number of nitrogens with one attached hydrogen (secondary N) is 3. The Bertz CT molecular complexity index is 4320. The Balaban J connectivity index is 1.16. The monoisotopic (exact) mass is 1800 g/mol. The van der Waals surface area contributed by atoms with Crippen LogP contribution in [0.4, 0.5) is 10.5 Å². The molecular formula is C78H115N10O36P. The van der Waals surface area contributed by atoms with Gasteiger partial charge in [0.05, 0.1) is 49.6 Å². The smallest absolute Gasteiger partial charge is 0.474 e. The molecule has 0 aliphatic carbocycles. The normalized spacial score (nSPS) is 30.5. The standard InChI is InChI=1S/C78H115N10O36P/c1-36(2)15-14-17-37(3)18-19-39(5)24-27-77(9,10)26-13-12-16-38(4)25-30-112-51(70(104)105)35-114-125(110,111)124-75-63(64(123-76(81)106)78(11,107)65(122-75)66(80)102)121-73-54(84-42(8)91)57(99)62(50(117-73)34-113-74-59(101)58(100)55(97)49(33-89)116-74)120-72-53(83-41(7)90)56(98)60(40(6)115-72)118-71-48(94)32-47(93)61(119-71)68-85-67(46(92)22-23-52(95)96)86-87(68)43-20-21-45(88(108)109)44(31-43)69(103)82-29-28-79/h13,15,18,20-21,25-26,31-32,40,48-51,53-65,71-75,89,93-94,97-101,107H,5,12,14,16-17,19,22-24,27-30,33-35,79H2,1-4,6-11H3,(H2,80,102)(H2,81,106)(H,82,103)(H,83,90)(H,84,91)(H,95,96)(H,104,105)(H,110,111)/b26-13+,37-18+,38-25-/t40?,48?,49?,50?,51-,53?,54?,55?,56?,57?,58?,59?,60?,61?,62?,63?,64?,65?,71?,72?,73?,74?,75?,78?/m1/s1. The van der Waals surface area contributed by atoms with Crippen LogP contribution in [0.15, 0.2) is 89.3 Å². The topological polar surface area (TPSA) is 704 Å². The number of phosphoric acid groups is 1. The molecule has 125 heavy (non-hydrogen) atoms. The van der Waals surface area contributed by atoms with Crippen molar-refractivity contribution >= 4 is 61.0 Å². The van der Waals surface area contributed by atoms with Gasteiger partial charge in [-0.05, 0) is 110 Å². The molecule has 25 atom stereocenters. The van der Waals surface area contributed by atoms with Gasteiger partial charge in [0.15, 0.2) is 67.8 Å². The molecule has 1 aromatic carbocycles. The molecule has 46 nitrogen and oxygen atoms in total. The number of benzene rings is 1. The lowest BCUT2D eigenvalue weighted by atomic mass is 9.85. The summed E-state index contributed by atoms with van der Waals surface area (Å²) >= 11 is 0. The van der Waals surface area contributed by atoms with Gasteiger partial charge in [-0.1, -0.05) is 73.1 Å². The Labute approximate surface area is 717 Å². The van der Waals surface area contributed by atoms with Crippen LogP contribution >= 0.6 is 7.82 Å². The van der Waals surface area contributed by atoms with E-state index in [0.29, 0.717) is 12.8 Å². The SMILES string of the molecule is C=C(C/C=C(\C)CCC=C(C)C)CCC(C)(C)/C=C/CC/C(C)=C\CO[C@H](COP(=O)(O)OC1OC(C(N)=O)C(C)(O)C(OC(N)=O)C1OC1OC(COC2OC(CO)C(O)C(O)C2O)C(OC2OC(C)C(OC3OC(c4nc(C(=O)CCC(=O)O)nn4-c4ccc([N+](=O)[O-])c(C(=O)NCCN)c4)C(O)=CC3O)C(O)C2NC(C)=O)C(O)C1NC(C)=O)C(=O)O. The Kier molecular flexibility index (Phi) is 38.1. The fourth-order valence-electron chi connectivity index (χ4n) is 13.8. The molecule has 0 bridgehead atoms. The highest BCUT2D eigenvalue weighted by atomic mass is 31.2. The van der Waals surface area contributed by atoms with Gasteiger partial charge in [-0.25, -0.2) is 23.8 Å². The van der Waals surface area contributed by atoms with Gasteiger partial charge in [0.1, 0.15) is 90.0 Å². The van der Waals surface area contributed by atoms with Crippen molar-refractivity contribution in [3.8, 4) is 5.69 Å². The summed E-state index contributed by atoms with van der Waals surface area (Å²) in [7, 11) is -5.89. The van der Waals surface area contributed by atoms with Crippen LogP contribution in [0.25, 0.3) is 5.69 Å². The second-order valence-corrected chi connectivity index (χ2v) is 33.1. The van der Waals surface area contributed by atoms with E-state index < -0.39 is 268 Å². The zero-order chi connectivity index (χ0) is 93.0. The van der Waals surface area contributed by atoms with Gasteiger partial charge in [0, 0.05) is 39.4 Å². The number of carbonyl (C=O) groups excluding carboxylic acids is 6. The van der Waals surface area contributed by atoms with Crippen LogP contribution in [0.1, 0.15) is 160 Å². The Hall–Kier alpha value is -8.89. The number of carboxylic acid groups (broad SMARTS) is 2. The number of carbonyl (C=O) groups is 8. The van der Waals surface area contributed by atoms with Gasteiger partial charge in [0.25, 0.3) is 11.6 Å². The Morgan fingerprint density at radius 3 is 2.02 bits per heavy atom. The van der Waals surface area contributed by atoms with E-state index in [9.17, 15) is 114 Å². The molecule has 4 fully saturated rings. The van der Waals surface area contributed by atoms with E-state index in [1.807, 2.05) is 6.08 Å². The fraction of sp³-hybridized carbons (Fsp3) is 0.641. The van der Waals surface area contributed by atoms with Crippen molar-refractivity contribution in [3.05, 3.63) is 117 Å². The summed E-state index contributed by atoms with van der Waals surface area (Å²) in [4.78, 5) is 131. The number of nitrogens with two attached hydrogens (primary N) is 3. The summed E-state index contributed by atoms with van der Waals surface area (Å²) in [5, 5.41) is 146. The maximum atomic E-state index is 14.2. The third-order valence-corrected chi connectivity index (χ3v) is 21.6. The predicted molar refractivity (Wildman–Crippen MR) is 428 cm³/mol. The van der Waals surface area contributed by atoms with E-state index in [1.54, 1.807) is 13.0 Å². The number of nitro groups is 1. The van der Waals surface area contributed by atoms with Crippen molar-refractivity contribution in [2.45, 2.75) is 274 Å². The molecule has 0 spiro atoms. The number of hydrogen-bond acceptors (Lipinski definition) is 36. The number of primary amides is 2. The van der Waals surface area contributed by atoms with Crippen LogP contribution in [0, 0.1) is 15.5 Å². The van der Waals surface area contributed by atoms with Crippen LogP contribution < -0.4 is 33.2 Å². The summed E-state index contributed by atoms with van der Waals surface area (Å²) in [6, 6.07) is -1.17. The summed E-state index contributed by atoms with van der Waals surface area (Å²) in [6.45, 7) is 16.4. The zero-order valence-corrected chi connectivity index (χ0v) is 71.3. The first-order valence-electron chi connectivity index (χ1n) is 39.8.